The molecule has 0 bridgehead atoms. The highest BCUT2D eigenvalue weighted by Crippen LogP contribution is 2.19. The fraction of sp³-hybridized carbons (Fsp3) is 0.778. The molecular formula is C9H16FN. The van der Waals surface area contributed by atoms with Gasteiger partial charge in [-0.1, -0.05) is 0 Å². The molecule has 0 spiro atoms. The first-order valence-electron chi connectivity index (χ1n) is 4.10. The lowest BCUT2D eigenvalue weighted by molar-refractivity contribution is 0.144. The van der Waals surface area contributed by atoms with Crippen LogP contribution in [-0.4, -0.2) is 23.5 Å². The van der Waals surface area contributed by atoms with Gasteiger partial charge in [0.2, 0.25) is 0 Å². The van der Waals surface area contributed by atoms with Gasteiger partial charge < -0.3 is 0 Å². The number of rotatable bonds is 0. The van der Waals surface area contributed by atoms with Crippen molar-refractivity contribution in [2.24, 2.45) is 0 Å². The van der Waals surface area contributed by atoms with Gasteiger partial charge in [0, 0.05) is 25.0 Å². The predicted octanol–water partition coefficient (Wildman–Crippen LogP) is 2.34. The summed E-state index contributed by atoms with van der Waals surface area (Å²) in [6, 6.07) is 0. The Hall–Kier alpha value is -0.370. The normalized spacial score (nSPS) is 21.6. The van der Waals surface area contributed by atoms with Gasteiger partial charge in [0.25, 0.3) is 0 Å². The van der Waals surface area contributed by atoms with Gasteiger partial charge >= 0.3 is 0 Å². The third-order valence-corrected chi connectivity index (χ3v) is 2.10. The third kappa shape index (κ3) is 2.29. The molecule has 0 aromatic rings. The molecule has 1 heterocycles. The zero-order chi connectivity index (χ0) is 8.48. The summed E-state index contributed by atoms with van der Waals surface area (Å²) in [5.74, 6) is 0.0468. The molecule has 0 atom stereocenters. The van der Waals surface area contributed by atoms with E-state index >= 15 is 0 Å². The summed E-state index contributed by atoms with van der Waals surface area (Å²) in [5.41, 5.74) is 0.178. The fourth-order valence-electron chi connectivity index (χ4n) is 1.25. The average Bonchev–Trinajstić information content (AvgIpc) is 1.86. The molecule has 0 amide bonds. The molecule has 2 heteroatoms. The molecule has 0 aliphatic carbocycles. The van der Waals surface area contributed by atoms with Crippen LogP contribution in [-0.2, 0) is 0 Å². The van der Waals surface area contributed by atoms with Crippen molar-refractivity contribution in [3.8, 4) is 0 Å². The van der Waals surface area contributed by atoms with E-state index in [1.54, 1.807) is 6.08 Å². The Morgan fingerprint density at radius 2 is 2.09 bits per heavy atom. The number of hydrogen-bond donors (Lipinski definition) is 0. The predicted molar refractivity (Wildman–Crippen MR) is 45.1 cm³/mol. The minimum Gasteiger partial charge on any atom is -0.294 e. The second kappa shape index (κ2) is 2.94. The van der Waals surface area contributed by atoms with Crippen molar-refractivity contribution in [3.05, 3.63) is 11.9 Å². The van der Waals surface area contributed by atoms with Gasteiger partial charge in [0.1, 0.15) is 0 Å². The highest BCUT2D eigenvalue weighted by molar-refractivity contribution is 5.00. The van der Waals surface area contributed by atoms with Crippen LogP contribution < -0.4 is 0 Å². The summed E-state index contributed by atoms with van der Waals surface area (Å²) in [4.78, 5) is 2.27. The zero-order valence-corrected chi connectivity index (χ0v) is 7.52. The summed E-state index contributed by atoms with van der Waals surface area (Å²) in [6.07, 6.45) is 2.26. The van der Waals surface area contributed by atoms with Crippen molar-refractivity contribution in [1.29, 1.82) is 0 Å². The third-order valence-electron chi connectivity index (χ3n) is 2.10. The molecule has 0 aromatic carbocycles. The second-order valence-corrected chi connectivity index (χ2v) is 4.02. The molecule has 1 aliphatic heterocycles. The highest BCUT2D eigenvalue weighted by atomic mass is 19.1. The van der Waals surface area contributed by atoms with E-state index in [4.69, 9.17) is 0 Å². The van der Waals surface area contributed by atoms with Gasteiger partial charge in [-0.25, -0.2) is 4.39 Å². The van der Waals surface area contributed by atoms with Gasteiger partial charge in [0.15, 0.2) is 0 Å². The highest BCUT2D eigenvalue weighted by Gasteiger charge is 2.22. The van der Waals surface area contributed by atoms with Crippen LogP contribution >= 0.6 is 0 Å². The van der Waals surface area contributed by atoms with Crippen LogP contribution in [0.1, 0.15) is 27.2 Å². The summed E-state index contributed by atoms with van der Waals surface area (Å²) in [7, 11) is 0. The Morgan fingerprint density at radius 3 is 2.45 bits per heavy atom. The van der Waals surface area contributed by atoms with Crippen LogP contribution in [0.3, 0.4) is 0 Å². The number of hydrogen-bond acceptors (Lipinski definition) is 1. The first-order chi connectivity index (χ1) is 5.00. The van der Waals surface area contributed by atoms with Crippen molar-refractivity contribution in [1.82, 2.24) is 4.90 Å². The van der Waals surface area contributed by atoms with E-state index in [2.05, 4.69) is 25.7 Å². The van der Waals surface area contributed by atoms with Gasteiger partial charge in [-0.15, -0.1) is 0 Å². The van der Waals surface area contributed by atoms with E-state index in [0.717, 1.165) is 13.1 Å². The molecule has 0 unspecified atom stereocenters. The summed E-state index contributed by atoms with van der Waals surface area (Å²) in [6.45, 7) is 8.08. The second-order valence-electron chi connectivity index (χ2n) is 4.02. The van der Waals surface area contributed by atoms with Gasteiger partial charge in [0.05, 0.1) is 5.83 Å². The summed E-state index contributed by atoms with van der Waals surface area (Å²) in [5, 5.41) is 0. The Balaban J connectivity index is 2.54. The Kier molecular flexibility index (Phi) is 2.33. The van der Waals surface area contributed by atoms with E-state index in [9.17, 15) is 4.39 Å². The molecule has 0 saturated carbocycles. The average molecular weight is 157 g/mol. The van der Waals surface area contributed by atoms with Crippen LogP contribution in [0.2, 0.25) is 0 Å². The minimum atomic E-state index is 0.0468. The van der Waals surface area contributed by atoms with Crippen LogP contribution in [0.5, 0.6) is 0 Å². The molecule has 0 aromatic heterocycles. The Morgan fingerprint density at radius 1 is 1.45 bits per heavy atom. The molecule has 64 valence electrons. The molecule has 0 fully saturated rings. The first-order valence-corrected chi connectivity index (χ1v) is 4.10. The smallest absolute Gasteiger partial charge is 0.0985 e. The number of halogens is 1. The van der Waals surface area contributed by atoms with Gasteiger partial charge in [-0.3, -0.25) is 4.90 Å². The lowest BCUT2D eigenvalue weighted by Crippen LogP contribution is -2.43. The van der Waals surface area contributed by atoms with Crippen LogP contribution in [0.4, 0.5) is 4.39 Å². The maximum absolute atomic E-state index is 12.6. The maximum Gasteiger partial charge on any atom is 0.0985 e. The zero-order valence-electron chi connectivity index (χ0n) is 7.52. The van der Waals surface area contributed by atoms with E-state index in [1.165, 1.54) is 0 Å². The van der Waals surface area contributed by atoms with E-state index in [1.807, 2.05) is 0 Å². The van der Waals surface area contributed by atoms with Crippen molar-refractivity contribution in [3.63, 3.8) is 0 Å². The van der Waals surface area contributed by atoms with Crippen molar-refractivity contribution >= 4 is 0 Å². The molecule has 1 aliphatic rings. The lowest BCUT2D eigenvalue weighted by atomic mass is 10.0. The van der Waals surface area contributed by atoms with E-state index in [0.29, 0.717) is 6.42 Å². The van der Waals surface area contributed by atoms with Crippen LogP contribution in [0, 0.1) is 0 Å². The van der Waals surface area contributed by atoms with E-state index < -0.39 is 0 Å². The topological polar surface area (TPSA) is 3.24 Å². The molecule has 0 saturated heterocycles. The van der Waals surface area contributed by atoms with Crippen molar-refractivity contribution < 1.29 is 4.39 Å². The minimum absolute atomic E-state index is 0.0468. The maximum atomic E-state index is 12.6. The molecule has 0 radical (unpaired) electrons. The standard InChI is InChI=1S/C9H16FN/c1-9(2,3)11-6-4-8(10)5-7-11/h4H,5-7H2,1-3H3. The fourth-order valence-corrected chi connectivity index (χ4v) is 1.25. The monoisotopic (exact) mass is 157 g/mol. The largest absolute Gasteiger partial charge is 0.294 e. The van der Waals surface area contributed by atoms with Crippen molar-refractivity contribution in [2.45, 2.75) is 32.7 Å². The van der Waals surface area contributed by atoms with Gasteiger partial charge in [-0.2, -0.15) is 0 Å². The molecule has 1 nitrogen and oxygen atoms in total. The molecular weight excluding hydrogens is 141 g/mol. The Labute approximate surface area is 67.9 Å². The molecule has 11 heavy (non-hydrogen) atoms. The van der Waals surface area contributed by atoms with Gasteiger partial charge in [-0.05, 0) is 26.8 Å². The van der Waals surface area contributed by atoms with Crippen molar-refractivity contribution in [2.75, 3.05) is 13.1 Å². The Bertz CT molecular complexity index is 167. The molecule has 1 rings (SSSR count). The summed E-state index contributed by atoms with van der Waals surface area (Å²) >= 11 is 0. The van der Waals surface area contributed by atoms with Crippen LogP contribution in [0.25, 0.3) is 0 Å². The lowest BCUT2D eigenvalue weighted by Gasteiger charge is -2.36. The first kappa shape index (κ1) is 8.72. The van der Waals surface area contributed by atoms with E-state index in [-0.39, 0.29) is 11.4 Å². The summed E-state index contributed by atoms with van der Waals surface area (Å²) < 4.78 is 12.6. The SMILES string of the molecule is CC(C)(C)N1CC=C(F)CC1. The van der Waals surface area contributed by atoms with Crippen LogP contribution in [0.15, 0.2) is 11.9 Å². The number of nitrogens with zero attached hydrogens (tertiary/aromatic N) is 1. The molecule has 0 N–H and O–H groups in total. The quantitative estimate of drug-likeness (QED) is 0.521.